The van der Waals surface area contributed by atoms with Crippen LogP contribution in [0, 0.1) is 3.57 Å². The zero-order valence-corrected chi connectivity index (χ0v) is 22.1. The van der Waals surface area contributed by atoms with Crippen molar-refractivity contribution in [2.75, 3.05) is 20.3 Å². The quantitative estimate of drug-likeness (QED) is 0.188. The predicted octanol–water partition coefficient (Wildman–Crippen LogP) is 5.63. The number of ether oxygens (including phenoxy) is 3. The highest BCUT2D eigenvalue weighted by Gasteiger charge is 2.35. The van der Waals surface area contributed by atoms with Crippen molar-refractivity contribution < 1.29 is 28.6 Å². The average molecular weight is 603 g/mol. The summed E-state index contributed by atoms with van der Waals surface area (Å²) in [6.07, 6.45) is 1.67. The molecule has 1 heterocycles. The summed E-state index contributed by atoms with van der Waals surface area (Å²) in [5.74, 6) is 0.00362. The van der Waals surface area contributed by atoms with E-state index in [9.17, 15) is 14.4 Å². The number of fused-ring (bicyclic) bond motifs is 1. The molecular formula is C26H22INO6S. The number of nitrogens with zero attached hydrogens (tertiary/aromatic N) is 1. The van der Waals surface area contributed by atoms with Crippen molar-refractivity contribution in [1.29, 1.82) is 0 Å². The zero-order valence-electron chi connectivity index (χ0n) is 19.1. The second-order valence-electron chi connectivity index (χ2n) is 7.58. The molecule has 0 unspecified atom stereocenters. The minimum atomic E-state index is -0.507. The highest BCUT2D eigenvalue weighted by molar-refractivity contribution is 14.1. The van der Waals surface area contributed by atoms with E-state index in [4.69, 9.17) is 9.47 Å². The first-order valence-electron chi connectivity index (χ1n) is 10.8. The monoisotopic (exact) mass is 603 g/mol. The van der Waals surface area contributed by atoms with E-state index in [1.807, 2.05) is 49.4 Å². The first-order valence-corrected chi connectivity index (χ1v) is 12.7. The molecule has 35 heavy (non-hydrogen) atoms. The van der Waals surface area contributed by atoms with E-state index >= 15 is 0 Å². The van der Waals surface area contributed by atoms with Gasteiger partial charge in [-0.15, -0.1) is 0 Å². The van der Waals surface area contributed by atoms with E-state index in [0.29, 0.717) is 32.1 Å². The molecular weight excluding hydrogens is 581 g/mol. The largest absolute Gasteiger partial charge is 0.490 e. The molecule has 180 valence electrons. The molecule has 0 bridgehead atoms. The maximum Gasteiger partial charge on any atom is 0.343 e. The van der Waals surface area contributed by atoms with E-state index < -0.39 is 5.97 Å². The molecule has 2 amide bonds. The second kappa shape index (κ2) is 11.1. The summed E-state index contributed by atoms with van der Waals surface area (Å²) >= 11 is 2.99. The van der Waals surface area contributed by atoms with Gasteiger partial charge in [-0.25, -0.2) is 4.79 Å². The molecule has 0 radical (unpaired) electrons. The molecule has 3 aromatic rings. The Morgan fingerprint density at radius 3 is 2.57 bits per heavy atom. The fourth-order valence-corrected chi connectivity index (χ4v) is 5.19. The highest BCUT2D eigenvalue weighted by Crippen LogP contribution is 2.38. The van der Waals surface area contributed by atoms with Gasteiger partial charge in [-0.05, 0) is 87.5 Å². The standard InChI is InChI=1S/C26H22INO6S/c1-3-33-21-12-17(11-20(27)24(21)34-15-23(29)32-2)13-22-25(30)28(26(31)35-22)14-16-8-9-18-6-4-5-7-19(18)10-16/h4-13H,3,14-15H2,1-2H3/b22-13-. The van der Waals surface area contributed by atoms with Crippen molar-refractivity contribution in [3.63, 3.8) is 0 Å². The fourth-order valence-electron chi connectivity index (χ4n) is 3.57. The Kier molecular flexibility index (Phi) is 7.97. The van der Waals surface area contributed by atoms with Crippen molar-refractivity contribution in [2.45, 2.75) is 13.5 Å². The van der Waals surface area contributed by atoms with Crippen molar-refractivity contribution in [3.8, 4) is 11.5 Å². The van der Waals surface area contributed by atoms with E-state index in [2.05, 4.69) is 27.3 Å². The molecule has 0 saturated carbocycles. The number of hydrogen-bond donors (Lipinski definition) is 0. The Labute approximate surface area is 220 Å². The molecule has 7 nitrogen and oxygen atoms in total. The van der Waals surface area contributed by atoms with Crippen molar-refractivity contribution >= 4 is 68.3 Å². The Morgan fingerprint density at radius 2 is 1.83 bits per heavy atom. The van der Waals surface area contributed by atoms with Gasteiger partial charge in [0.25, 0.3) is 11.1 Å². The molecule has 0 N–H and O–H groups in total. The molecule has 1 aliphatic rings. The molecule has 9 heteroatoms. The van der Waals surface area contributed by atoms with Gasteiger partial charge in [-0.1, -0.05) is 36.4 Å². The third kappa shape index (κ3) is 5.79. The number of hydrogen-bond acceptors (Lipinski definition) is 7. The molecule has 0 aliphatic carbocycles. The topological polar surface area (TPSA) is 82.1 Å². The Hall–Kier alpha value is -3.05. The van der Waals surface area contributed by atoms with Gasteiger partial charge in [0.05, 0.1) is 28.7 Å². The maximum atomic E-state index is 13.1. The predicted molar refractivity (Wildman–Crippen MR) is 143 cm³/mol. The molecule has 1 aliphatic heterocycles. The van der Waals surface area contributed by atoms with E-state index in [0.717, 1.165) is 28.1 Å². The first kappa shape index (κ1) is 25.1. The molecule has 0 atom stereocenters. The number of imide groups is 1. The van der Waals surface area contributed by atoms with Gasteiger partial charge in [-0.3, -0.25) is 14.5 Å². The minimum absolute atomic E-state index is 0.203. The van der Waals surface area contributed by atoms with Crippen LogP contribution in [0.25, 0.3) is 16.8 Å². The lowest BCUT2D eigenvalue weighted by Crippen LogP contribution is -2.27. The fraction of sp³-hybridized carbons (Fsp3) is 0.192. The van der Waals surface area contributed by atoms with Gasteiger partial charge < -0.3 is 14.2 Å². The van der Waals surface area contributed by atoms with Crippen LogP contribution in [-0.2, 0) is 20.9 Å². The molecule has 1 fully saturated rings. The molecule has 1 saturated heterocycles. The number of carbonyl (C=O) groups excluding carboxylic acids is 3. The van der Waals surface area contributed by atoms with Crippen LogP contribution < -0.4 is 9.47 Å². The third-order valence-corrected chi connectivity index (χ3v) is 6.93. The number of amides is 2. The summed E-state index contributed by atoms with van der Waals surface area (Å²) in [5, 5.41) is 1.84. The van der Waals surface area contributed by atoms with Crippen LogP contribution in [0.15, 0.2) is 59.5 Å². The summed E-state index contributed by atoms with van der Waals surface area (Å²) in [5.41, 5.74) is 1.56. The Bertz CT molecular complexity index is 1340. The number of halogens is 1. The van der Waals surface area contributed by atoms with Gasteiger partial charge in [-0.2, -0.15) is 0 Å². The highest BCUT2D eigenvalue weighted by atomic mass is 127. The summed E-state index contributed by atoms with van der Waals surface area (Å²) in [7, 11) is 1.29. The van der Waals surface area contributed by atoms with Crippen LogP contribution >= 0.6 is 34.4 Å². The SMILES string of the molecule is CCOc1cc(/C=C2\SC(=O)N(Cc3ccc4ccccc4c3)C2=O)cc(I)c1OCC(=O)OC. The summed E-state index contributed by atoms with van der Waals surface area (Å²) in [6.45, 7) is 2.17. The number of esters is 1. The number of rotatable bonds is 8. The molecule has 0 spiro atoms. The van der Waals surface area contributed by atoms with E-state index in [-0.39, 0.29) is 24.3 Å². The Balaban J connectivity index is 1.56. The number of benzene rings is 3. The van der Waals surface area contributed by atoms with E-state index in [1.54, 1.807) is 18.2 Å². The smallest absolute Gasteiger partial charge is 0.343 e. The first-order chi connectivity index (χ1) is 16.9. The molecule has 4 rings (SSSR count). The van der Waals surface area contributed by atoms with Gasteiger partial charge in [0.1, 0.15) is 0 Å². The maximum absolute atomic E-state index is 13.1. The van der Waals surface area contributed by atoms with Crippen LogP contribution in [0.4, 0.5) is 4.79 Å². The van der Waals surface area contributed by atoms with E-state index in [1.165, 1.54) is 12.0 Å². The van der Waals surface area contributed by atoms with Crippen LogP contribution in [0.1, 0.15) is 18.1 Å². The van der Waals surface area contributed by atoms with Crippen LogP contribution in [0.2, 0.25) is 0 Å². The third-order valence-electron chi connectivity index (χ3n) is 5.22. The Morgan fingerprint density at radius 1 is 1.06 bits per heavy atom. The van der Waals surface area contributed by atoms with Crippen molar-refractivity contribution in [3.05, 3.63) is 74.2 Å². The number of methoxy groups -OCH3 is 1. The lowest BCUT2D eigenvalue weighted by molar-refractivity contribution is -0.143. The van der Waals surface area contributed by atoms with Gasteiger partial charge >= 0.3 is 5.97 Å². The second-order valence-corrected chi connectivity index (χ2v) is 9.73. The van der Waals surface area contributed by atoms with Crippen LogP contribution in [-0.4, -0.2) is 42.3 Å². The van der Waals surface area contributed by atoms with Gasteiger partial charge in [0.15, 0.2) is 18.1 Å². The summed E-state index contributed by atoms with van der Waals surface area (Å²) < 4.78 is 16.6. The number of carbonyl (C=O) groups is 3. The van der Waals surface area contributed by atoms with Crippen molar-refractivity contribution in [1.82, 2.24) is 4.90 Å². The average Bonchev–Trinajstić information content (AvgIpc) is 3.10. The van der Waals surface area contributed by atoms with Crippen LogP contribution in [0.3, 0.4) is 0 Å². The normalized spacial score (nSPS) is 14.6. The summed E-state index contributed by atoms with van der Waals surface area (Å²) in [4.78, 5) is 38.8. The molecule has 0 aromatic heterocycles. The van der Waals surface area contributed by atoms with Gasteiger partial charge in [0, 0.05) is 0 Å². The zero-order chi connectivity index (χ0) is 24.9. The van der Waals surface area contributed by atoms with Crippen LogP contribution in [0.5, 0.6) is 11.5 Å². The molecule has 3 aromatic carbocycles. The lowest BCUT2D eigenvalue weighted by Gasteiger charge is -2.14. The summed E-state index contributed by atoms with van der Waals surface area (Å²) in [6, 6.07) is 17.4. The van der Waals surface area contributed by atoms with Gasteiger partial charge in [0.2, 0.25) is 0 Å². The number of thioether (sulfide) groups is 1. The minimum Gasteiger partial charge on any atom is -0.490 e. The lowest BCUT2D eigenvalue weighted by atomic mass is 10.1. The van der Waals surface area contributed by atoms with Crippen molar-refractivity contribution in [2.24, 2.45) is 0 Å².